The molecule has 7 rings (SSSR count). The van der Waals surface area contributed by atoms with Crippen molar-refractivity contribution in [3.8, 4) is 39.9 Å². The zero-order valence-electron chi connectivity index (χ0n) is 23.0. The Hall–Kier alpha value is -3.13. The normalized spacial score (nSPS) is 27.5. The zero-order chi connectivity index (χ0) is 28.5. The van der Waals surface area contributed by atoms with E-state index in [1.807, 2.05) is 44.2 Å². The average Bonchev–Trinajstić information content (AvgIpc) is 3.67. The van der Waals surface area contributed by atoms with Crippen LogP contribution in [-0.2, 0) is 36.1 Å². The van der Waals surface area contributed by atoms with Gasteiger partial charge in [0.2, 0.25) is 13.1 Å². The Bertz CT molecular complexity index is 1550. The number of hydrogen-bond acceptors (Lipinski definition) is 11. The third-order valence-corrected chi connectivity index (χ3v) is 8.84. The van der Waals surface area contributed by atoms with Crippen LogP contribution < -0.4 is 23.7 Å². The monoisotopic (exact) mass is 586 g/mol. The molecular formula is C29H30O11S. The fourth-order valence-corrected chi connectivity index (χ4v) is 7.09. The first-order chi connectivity index (χ1) is 19.8. The second kappa shape index (κ2) is 10.0. The van der Waals surface area contributed by atoms with Crippen LogP contribution in [0.2, 0.25) is 0 Å². The number of fused-ring (bicyclic) bond motifs is 4. The number of methoxy groups -OCH3 is 2. The lowest BCUT2D eigenvalue weighted by atomic mass is 9.93. The molecule has 0 radical (unpaired) electrons. The fraction of sp³-hybridized carbons (Fsp3) is 0.448. The van der Waals surface area contributed by atoms with Crippen LogP contribution in [0.25, 0.3) is 21.9 Å². The maximum Gasteiger partial charge on any atom is 0.231 e. The maximum atomic E-state index is 13.4. The van der Waals surface area contributed by atoms with Gasteiger partial charge in [0.1, 0.15) is 18.0 Å². The molecule has 12 heteroatoms. The molecule has 2 saturated heterocycles. The van der Waals surface area contributed by atoms with Crippen molar-refractivity contribution in [1.82, 2.24) is 0 Å². The van der Waals surface area contributed by atoms with Gasteiger partial charge in [0.25, 0.3) is 0 Å². The van der Waals surface area contributed by atoms with Gasteiger partial charge in [-0.1, -0.05) is 6.07 Å². The summed E-state index contributed by atoms with van der Waals surface area (Å²) in [5.74, 6) is 1.86. The van der Waals surface area contributed by atoms with Crippen molar-refractivity contribution in [3.63, 3.8) is 0 Å². The highest BCUT2D eigenvalue weighted by molar-refractivity contribution is 7.80. The van der Waals surface area contributed by atoms with Gasteiger partial charge in [-0.25, -0.2) is 4.21 Å². The number of ether oxygens (including phenoxy) is 8. The zero-order valence-corrected chi connectivity index (χ0v) is 23.8. The molecule has 4 heterocycles. The average molecular weight is 587 g/mol. The van der Waals surface area contributed by atoms with Crippen molar-refractivity contribution in [1.29, 1.82) is 0 Å². The van der Waals surface area contributed by atoms with Crippen LogP contribution in [0.4, 0.5) is 0 Å². The minimum absolute atomic E-state index is 0.0635. The molecule has 41 heavy (non-hydrogen) atoms. The minimum atomic E-state index is -1.77. The second-order valence-corrected chi connectivity index (χ2v) is 11.7. The molecular weight excluding hydrogens is 556 g/mol. The summed E-state index contributed by atoms with van der Waals surface area (Å²) in [5, 5.41) is 11.5. The van der Waals surface area contributed by atoms with Crippen LogP contribution in [0.15, 0.2) is 35.2 Å². The van der Waals surface area contributed by atoms with Crippen molar-refractivity contribution >= 4 is 21.9 Å². The van der Waals surface area contributed by atoms with E-state index >= 15 is 0 Å². The highest BCUT2D eigenvalue weighted by atomic mass is 32.2. The largest absolute Gasteiger partial charge is 0.493 e. The molecule has 5 unspecified atom stereocenters. The Morgan fingerprint density at radius 3 is 2.54 bits per heavy atom. The summed E-state index contributed by atoms with van der Waals surface area (Å²) in [7, 11) is 3.12. The van der Waals surface area contributed by atoms with Gasteiger partial charge in [0, 0.05) is 22.9 Å². The highest BCUT2D eigenvalue weighted by Crippen LogP contribution is 2.51. The van der Waals surface area contributed by atoms with Crippen molar-refractivity contribution in [2.45, 2.75) is 62.2 Å². The second-order valence-electron chi connectivity index (χ2n) is 10.6. The Labute approximate surface area is 238 Å². The molecule has 1 N–H and O–H groups in total. The van der Waals surface area contributed by atoms with E-state index in [2.05, 4.69) is 0 Å². The van der Waals surface area contributed by atoms with E-state index in [-0.39, 0.29) is 26.1 Å². The summed E-state index contributed by atoms with van der Waals surface area (Å²) in [6, 6.07) is 9.24. The molecule has 0 saturated carbocycles. The van der Waals surface area contributed by atoms with Gasteiger partial charge in [0.15, 0.2) is 39.9 Å². The van der Waals surface area contributed by atoms with Gasteiger partial charge in [-0.15, -0.1) is 0 Å². The quantitative estimate of drug-likeness (QED) is 0.454. The first-order valence-corrected chi connectivity index (χ1v) is 14.4. The van der Waals surface area contributed by atoms with Gasteiger partial charge in [-0.05, 0) is 49.1 Å². The van der Waals surface area contributed by atoms with E-state index in [9.17, 15) is 9.32 Å². The Morgan fingerprint density at radius 1 is 1.02 bits per heavy atom. The standard InChI is InChI=1S/C29H30O11S/c1-29(2)39-22-10-24(37-23(11-30)27(22)40-29)38-26-16-9-20(33-4)19(32-3)8-15(16)25(28-17(26)12-36-41(28)31)14-5-6-18-21(7-14)35-13-34-18/h5-9,22-24,27,30H,10-13H2,1-4H3. The summed E-state index contributed by atoms with van der Waals surface area (Å²) in [5.41, 5.74) is 2.10. The van der Waals surface area contributed by atoms with E-state index in [0.29, 0.717) is 62.0 Å². The van der Waals surface area contributed by atoms with Gasteiger partial charge in [-0.3, -0.25) is 4.18 Å². The maximum absolute atomic E-state index is 13.4. The molecule has 3 aromatic carbocycles. The third-order valence-electron chi connectivity index (χ3n) is 7.72. The molecule has 0 spiro atoms. The molecule has 4 aliphatic heterocycles. The Morgan fingerprint density at radius 2 is 1.78 bits per heavy atom. The van der Waals surface area contributed by atoms with Crippen LogP contribution in [0.1, 0.15) is 25.8 Å². The summed E-state index contributed by atoms with van der Waals surface area (Å²) >= 11 is -1.77. The number of aliphatic hydroxyl groups excluding tert-OH is 1. The minimum Gasteiger partial charge on any atom is -0.493 e. The van der Waals surface area contributed by atoms with E-state index in [0.717, 1.165) is 5.56 Å². The molecule has 4 aliphatic rings. The summed E-state index contributed by atoms with van der Waals surface area (Å²) in [4.78, 5) is 0.493. The van der Waals surface area contributed by atoms with E-state index in [4.69, 9.17) is 42.1 Å². The van der Waals surface area contributed by atoms with Crippen molar-refractivity contribution < 1.29 is 51.4 Å². The van der Waals surface area contributed by atoms with Gasteiger partial charge < -0.3 is 43.0 Å². The van der Waals surface area contributed by atoms with Crippen LogP contribution in [0.5, 0.6) is 28.7 Å². The smallest absolute Gasteiger partial charge is 0.231 e. The van der Waals surface area contributed by atoms with Crippen LogP contribution in [0, 0.1) is 0 Å². The van der Waals surface area contributed by atoms with Gasteiger partial charge in [-0.2, -0.15) is 0 Å². The summed E-state index contributed by atoms with van der Waals surface area (Å²) in [6.45, 7) is 3.59. The molecule has 11 nitrogen and oxygen atoms in total. The molecule has 0 amide bonds. The summed E-state index contributed by atoms with van der Waals surface area (Å²) in [6.07, 6.45) is -1.83. The van der Waals surface area contributed by atoms with Crippen LogP contribution in [-0.4, -0.2) is 67.3 Å². The molecule has 0 bridgehead atoms. The lowest BCUT2D eigenvalue weighted by Crippen LogP contribution is -2.50. The third kappa shape index (κ3) is 4.41. The number of hydrogen-bond donors (Lipinski definition) is 1. The van der Waals surface area contributed by atoms with E-state index in [1.54, 1.807) is 14.2 Å². The van der Waals surface area contributed by atoms with Crippen LogP contribution in [0.3, 0.4) is 0 Å². The molecule has 0 aliphatic carbocycles. The van der Waals surface area contributed by atoms with Crippen LogP contribution >= 0.6 is 0 Å². The van der Waals surface area contributed by atoms with E-state index in [1.165, 1.54) is 0 Å². The van der Waals surface area contributed by atoms with Crippen molar-refractivity contribution in [3.05, 3.63) is 35.9 Å². The predicted molar refractivity (Wildman–Crippen MR) is 145 cm³/mol. The van der Waals surface area contributed by atoms with Gasteiger partial charge >= 0.3 is 0 Å². The Balaban J connectivity index is 1.40. The van der Waals surface area contributed by atoms with Crippen molar-refractivity contribution in [2.24, 2.45) is 0 Å². The SMILES string of the molecule is COc1cc2c(OC3CC4OC(C)(C)OC4C(CO)O3)c3c(c(-c4ccc5c(c4)OCO5)c2cc1OC)S(=O)OC3. The topological polar surface area (TPSA) is 120 Å². The first-order valence-electron chi connectivity index (χ1n) is 13.3. The Kier molecular flexibility index (Phi) is 6.53. The molecule has 5 atom stereocenters. The lowest BCUT2D eigenvalue weighted by molar-refractivity contribution is -0.207. The number of rotatable bonds is 6. The predicted octanol–water partition coefficient (Wildman–Crippen LogP) is 3.81. The molecule has 0 aromatic heterocycles. The fourth-order valence-electron chi connectivity index (χ4n) is 6.00. The first kappa shape index (κ1) is 26.7. The van der Waals surface area contributed by atoms with E-state index < -0.39 is 35.4 Å². The number of benzene rings is 3. The molecule has 3 aromatic rings. The lowest BCUT2D eigenvalue weighted by Gasteiger charge is -2.36. The van der Waals surface area contributed by atoms with Crippen molar-refractivity contribution in [2.75, 3.05) is 27.6 Å². The summed E-state index contributed by atoms with van der Waals surface area (Å²) < 4.78 is 66.4. The van der Waals surface area contributed by atoms with Gasteiger partial charge in [0.05, 0.1) is 38.4 Å². The number of aliphatic hydroxyl groups is 1. The molecule has 2 fully saturated rings. The highest BCUT2D eigenvalue weighted by Gasteiger charge is 2.51. The molecule has 218 valence electrons.